The number of alkyl halides is 2. The second-order valence-electron chi connectivity index (χ2n) is 9.60. The molecule has 0 atom stereocenters. The van der Waals surface area contributed by atoms with Gasteiger partial charge in [0.1, 0.15) is 0 Å². The van der Waals surface area contributed by atoms with E-state index in [4.69, 9.17) is 0 Å². The summed E-state index contributed by atoms with van der Waals surface area (Å²) >= 11 is 0. The molecule has 0 unspecified atom stereocenters. The average molecular weight is 547 g/mol. The largest absolute Gasteiger partial charge is 0.405 e. The van der Waals surface area contributed by atoms with Gasteiger partial charge in [-0.3, -0.25) is 9.67 Å². The number of piperidine rings is 1. The molecule has 8 nitrogen and oxygen atoms in total. The zero-order chi connectivity index (χ0) is 28.6. The van der Waals surface area contributed by atoms with Crippen LogP contribution in [0.2, 0.25) is 0 Å². The lowest BCUT2D eigenvalue weighted by Gasteiger charge is -2.22. The second kappa shape index (κ2) is 13.2. The summed E-state index contributed by atoms with van der Waals surface area (Å²) < 4.78 is 29.8. The zero-order valence-electron chi connectivity index (χ0n) is 22.9. The van der Waals surface area contributed by atoms with Crippen LogP contribution in [0.3, 0.4) is 0 Å². The number of hydrogen-bond donors (Lipinski definition) is 3. The van der Waals surface area contributed by atoms with Gasteiger partial charge in [-0.1, -0.05) is 19.2 Å². The first-order chi connectivity index (χ1) is 19.3. The van der Waals surface area contributed by atoms with E-state index in [1.807, 2.05) is 49.1 Å². The summed E-state index contributed by atoms with van der Waals surface area (Å²) in [7, 11) is 0. The molecule has 4 aromatic heterocycles. The topological polar surface area (TPSA) is 98.1 Å². The van der Waals surface area contributed by atoms with Gasteiger partial charge in [0.15, 0.2) is 0 Å². The van der Waals surface area contributed by atoms with Crippen LogP contribution in [-0.2, 0) is 6.42 Å². The van der Waals surface area contributed by atoms with Crippen molar-refractivity contribution in [2.45, 2.75) is 45.6 Å². The van der Waals surface area contributed by atoms with Crippen molar-refractivity contribution < 1.29 is 8.78 Å². The van der Waals surface area contributed by atoms with Crippen molar-refractivity contribution in [1.82, 2.24) is 29.7 Å². The second-order valence-corrected chi connectivity index (χ2v) is 9.60. The van der Waals surface area contributed by atoms with Gasteiger partial charge < -0.3 is 16.4 Å². The summed E-state index contributed by atoms with van der Waals surface area (Å²) in [5.41, 5.74) is 12.0. The van der Waals surface area contributed by atoms with Crippen LogP contribution < -0.4 is 16.4 Å². The molecule has 4 aromatic rings. The van der Waals surface area contributed by atoms with E-state index in [9.17, 15) is 8.78 Å². The molecule has 4 N–H and O–H groups in total. The van der Waals surface area contributed by atoms with Gasteiger partial charge in [0, 0.05) is 53.1 Å². The Morgan fingerprint density at radius 3 is 2.65 bits per heavy atom. The minimum absolute atomic E-state index is 0.325. The number of anilines is 1. The fourth-order valence-corrected chi connectivity index (χ4v) is 4.89. The van der Waals surface area contributed by atoms with Gasteiger partial charge in [-0.25, -0.2) is 13.3 Å². The van der Waals surface area contributed by atoms with E-state index < -0.39 is 6.43 Å². The Kier molecular flexibility index (Phi) is 9.44. The lowest BCUT2D eigenvalue weighted by Crippen LogP contribution is -2.29. The molecule has 0 radical (unpaired) electrons. The third-order valence-electron chi connectivity index (χ3n) is 6.88. The SMILES string of the molecule is C=C(Nc1cnn(C2CCNCC2)c1)c1cnc(C)c(/C(=C\C)c2ccn3ncc(CC(F)F)c3c2)c1.C=CN. The lowest BCUT2D eigenvalue weighted by atomic mass is 9.95. The quantitative estimate of drug-likeness (QED) is 0.267. The maximum atomic E-state index is 13.1. The van der Waals surface area contributed by atoms with Crippen molar-refractivity contribution in [2.75, 3.05) is 18.4 Å². The zero-order valence-corrected chi connectivity index (χ0v) is 22.9. The maximum absolute atomic E-state index is 13.1. The molecule has 1 aliphatic rings. The number of nitrogens with zero attached hydrogens (tertiary/aromatic N) is 5. The molecule has 5 heterocycles. The van der Waals surface area contributed by atoms with E-state index in [1.54, 1.807) is 16.9 Å². The Balaban J connectivity index is 0.00000118. The van der Waals surface area contributed by atoms with E-state index in [1.165, 1.54) is 12.4 Å². The van der Waals surface area contributed by atoms with E-state index >= 15 is 0 Å². The van der Waals surface area contributed by atoms with E-state index in [0.29, 0.717) is 17.1 Å². The molecule has 210 valence electrons. The van der Waals surface area contributed by atoms with E-state index in [-0.39, 0.29) is 6.42 Å². The molecule has 0 bridgehead atoms. The summed E-state index contributed by atoms with van der Waals surface area (Å²) in [6, 6.07) is 6.32. The van der Waals surface area contributed by atoms with Gasteiger partial charge >= 0.3 is 0 Å². The third-order valence-corrected chi connectivity index (χ3v) is 6.88. The normalized spacial score (nSPS) is 14.2. The smallest absolute Gasteiger partial charge is 0.242 e. The number of hydrogen-bond acceptors (Lipinski definition) is 6. The standard InChI is InChI=1S/C28H31F2N7.C2H5N/c1-4-25(20-7-10-36-27(12-20)22(15-33-36)13-28(29)30)26-11-21(14-32-19(26)3)18(2)35-23-16-34-37(17-23)24-5-8-31-9-6-24;1-2-3/h4,7,10-12,14-17,24,28,31,35H,2,5-6,8-9,13H2,1,3H3;2H,1,3H2/b25-4-;. The van der Waals surface area contributed by atoms with Crippen molar-refractivity contribution in [1.29, 1.82) is 0 Å². The minimum atomic E-state index is -2.42. The first-order valence-electron chi connectivity index (χ1n) is 13.3. The molecule has 0 amide bonds. The van der Waals surface area contributed by atoms with Gasteiger partial charge in [0.2, 0.25) is 6.43 Å². The van der Waals surface area contributed by atoms with Crippen LogP contribution in [0, 0.1) is 6.92 Å². The summed E-state index contributed by atoms with van der Waals surface area (Å²) in [4.78, 5) is 4.64. The Bertz CT molecular complexity index is 1490. The Morgan fingerprint density at radius 1 is 1.20 bits per heavy atom. The van der Waals surface area contributed by atoms with Gasteiger partial charge in [0.25, 0.3) is 0 Å². The molecule has 1 fully saturated rings. The highest BCUT2D eigenvalue weighted by molar-refractivity contribution is 5.85. The number of aromatic nitrogens is 5. The predicted molar refractivity (Wildman–Crippen MR) is 157 cm³/mol. The van der Waals surface area contributed by atoms with Crippen molar-refractivity contribution in [3.8, 4) is 0 Å². The Hall–Kier alpha value is -4.31. The van der Waals surface area contributed by atoms with Gasteiger partial charge in [0.05, 0.1) is 29.6 Å². The molecule has 10 heteroatoms. The summed E-state index contributed by atoms with van der Waals surface area (Å²) in [6.45, 7) is 13.3. The number of rotatable bonds is 8. The van der Waals surface area contributed by atoms with Crippen LogP contribution in [0.5, 0.6) is 0 Å². The van der Waals surface area contributed by atoms with Crippen molar-refractivity contribution in [3.05, 3.63) is 103 Å². The highest BCUT2D eigenvalue weighted by atomic mass is 19.3. The summed E-state index contributed by atoms with van der Waals surface area (Å²) in [6.07, 6.45) is 11.6. The number of aryl methyl sites for hydroxylation is 1. The molecule has 5 rings (SSSR count). The van der Waals surface area contributed by atoms with Gasteiger partial charge in [-0.15, -0.1) is 0 Å². The first-order valence-corrected chi connectivity index (χ1v) is 13.3. The molecule has 0 saturated carbocycles. The molecule has 40 heavy (non-hydrogen) atoms. The van der Waals surface area contributed by atoms with Gasteiger partial charge in [-0.2, -0.15) is 10.2 Å². The summed E-state index contributed by atoms with van der Waals surface area (Å²) in [5, 5.41) is 15.5. The maximum Gasteiger partial charge on any atom is 0.242 e. The van der Waals surface area contributed by atoms with Gasteiger partial charge in [-0.05, 0) is 75.3 Å². The highest BCUT2D eigenvalue weighted by Gasteiger charge is 2.17. The lowest BCUT2D eigenvalue weighted by molar-refractivity contribution is 0.149. The monoisotopic (exact) mass is 546 g/mol. The Labute approximate surface area is 233 Å². The average Bonchev–Trinajstić information content (AvgIpc) is 3.58. The van der Waals surface area contributed by atoms with E-state index in [0.717, 1.165) is 65.3 Å². The molecule has 0 aromatic carbocycles. The molecule has 1 saturated heterocycles. The van der Waals surface area contributed by atoms with Crippen LogP contribution in [0.15, 0.2) is 74.6 Å². The third kappa shape index (κ3) is 6.63. The number of pyridine rings is 2. The highest BCUT2D eigenvalue weighted by Crippen LogP contribution is 2.30. The van der Waals surface area contributed by atoms with Crippen LogP contribution in [0.25, 0.3) is 16.8 Å². The fourth-order valence-electron chi connectivity index (χ4n) is 4.89. The summed E-state index contributed by atoms with van der Waals surface area (Å²) in [5.74, 6) is 0. The number of halogens is 2. The van der Waals surface area contributed by atoms with Crippen LogP contribution in [-0.4, -0.2) is 43.9 Å². The minimum Gasteiger partial charge on any atom is -0.405 e. The number of nitrogens with one attached hydrogen (secondary N) is 2. The Morgan fingerprint density at radius 2 is 1.95 bits per heavy atom. The first kappa shape index (κ1) is 28.7. The molecule has 1 aliphatic heterocycles. The van der Waals surface area contributed by atoms with Crippen molar-refractivity contribution in [2.24, 2.45) is 5.73 Å². The fraction of sp³-hybridized carbons (Fsp3) is 0.300. The van der Waals surface area contributed by atoms with Crippen molar-refractivity contribution in [3.63, 3.8) is 0 Å². The molecule has 0 aliphatic carbocycles. The molecule has 0 spiro atoms. The van der Waals surface area contributed by atoms with Crippen LogP contribution in [0.1, 0.15) is 53.8 Å². The number of nitrogens with two attached hydrogens (primary N) is 1. The van der Waals surface area contributed by atoms with E-state index in [2.05, 4.69) is 50.8 Å². The number of fused-ring (bicyclic) bond motifs is 1. The van der Waals surface area contributed by atoms with Crippen LogP contribution in [0.4, 0.5) is 14.5 Å². The number of allylic oxidation sites excluding steroid dienone is 1. The van der Waals surface area contributed by atoms with Crippen LogP contribution >= 0.6 is 0 Å². The van der Waals surface area contributed by atoms with Crippen molar-refractivity contribution >= 4 is 22.5 Å². The predicted octanol–water partition coefficient (Wildman–Crippen LogP) is 5.59. The molecular weight excluding hydrogens is 510 g/mol. The molecular formula is C30H36F2N8.